The maximum atomic E-state index is 14.1. The Balaban J connectivity index is 0.775. The van der Waals surface area contributed by atoms with E-state index in [1.165, 1.54) is 11.8 Å². The number of carbonyl (C=O) groups is 6. The van der Waals surface area contributed by atoms with E-state index in [1.54, 1.807) is 66.4 Å². The first-order valence-corrected chi connectivity index (χ1v) is 25.9. The molecule has 0 spiro atoms. The van der Waals surface area contributed by atoms with Crippen LogP contribution in [0.2, 0.25) is 0 Å². The summed E-state index contributed by atoms with van der Waals surface area (Å²) < 4.78 is 1.71. The second-order valence-electron chi connectivity index (χ2n) is 20.5. The highest BCUT2D eigenvalue weighted by Gasteiger charge is 2.44. The summed E-state index contributed by atoms with van der Waals surface area (Å²) in [6.45, 7) is 12.4. The van der Waals surface area contributed by atoms with E-state index < -0.39 is 47.2 Å². The molecule has 73 heavy (non-hydrogen) atoms. The number of rotatable bonds is 16. The zero-order valence-electron chi connectivity index (χ0n) is 42.4. The normalized spacial score (nSPS) is 17.7. The number of ketones is 1. The Bertz CT molecular complexity index is 2940. The van der Waals surface area contributed by atoms with Crippen molar-refractivity contribution in [3.8, 4) is 10.4 Å². The second-order valence-corrected chi connectivity index (χ2v) is 21.3. The average Bonchev–Trinajstić information content (AvgIpc) is 4.15. The molecule has 3 fully saturated rings. The number of aliphatic hydroxyl groups is 1. The quantitative estimate of drug-likeness (QED) is 0.102. The van der Waals surface area contributed by atoms with Crippen molar-refractivity contribution < 1.29 is 33.9 Å². The largest absolute Gasteiger partial charge is 0.391 e. The minimum atomic E-state index is -1.05. The topological polar surface area (TPSA) is 242 Å². The lowest BCUT2D eigenvalue weighted by atomic mass is 9.85. The molecule has 5 amide bonds. The fraction of sp³-hybridized carbons (Fsp3) is 0.491. The number of benzene rings is 1. The average molecular weight is 1020 g/mol. The van der Waals surface area contributed by atoms with E-state index in [0.717, 1.165) is 58.8 Å². The number of piperazine rings is 1. The summed E-state index contributed by atoms with van der Waals surface area (Å²) in [4.78, 5) is 118. The van der Waals surface area contributed by atoms with Crippen molar-refractivity contribution >= 4 is 63.4 Å². The number of nitrogens with zero attached hydrogens (tertiary/aromatic N) is 8. The molecule has 0 radical (unpaired) electrons. The molecule has 1 aliphatic carbocycles. The van der Waals surface area contributed by atoms with Crippen LogP contribution >= 0.6 is 11.3 Å². The monoisotopic (exact) mass is 1020 g/mol. The van der Waals surface area contributed by atoms with Gasteiger partial charge in [0.1, 0.15) is 23.6 Å². The summed E-state index contributed by atoms with van der Waals surface area (Å²) in [5.41, 5.74) is 6.54. The standard InChI is InChI=1S/C53H65N11O8S/c1-31-40-27-55-42(59-49(40)64(37-9-7-8-10-37)51(71)46(31)33(3)65)23-36-15-16-38(26-54-36)61-19-21-62(22-20-61)45(69)28-56-43(67)17-18-44(68)60-48(53(4,5)6)52(72)63-29-39(66)24-41(63)50(70)57-25-34-11-13-35(14-12-34)47-32(2)58-30-73-47/h11-16,26-27,30,37,39,41,48,66H,7-10,17-25,28-29H2,1-6H3,(H,56,67)(H,57,70)(H,60,68)/t39-,41+,48-/m1/s1. The molecular formula is C53H65N11O8S. The van der Waals surface area contributed by atoms with Crippen LogP contribution in [0.4, 0.5) is 5.69 Å². The molecule has 3 atom stereocenters. The summed E-state index contributed by atoms with van der Waals surface area (Å²) in [6, 6.07) is 9.66. The van der Waals surface area contributed by atoms with E-state index in [4.69, 9.17) is 4.98 Å². The van der Waals surface area contributed by atoms with Gasteiger partial charge in [0.25, 0.3) is 5.56 Å². The maximum absolute atomic E-state index is 14.1. The zero-order chi connectivity index (χ0) is 52.1. The van der Waals surface area contributed by atoms with Crippen molar-refractivity contribution in [1.82, 2.24) is 50.3 Å². The second kappa shape index (κ2) is 22.5. The molecule has 5 aromatic rings. The van der Waals surface area contributed by atoms with Gasteiger partial charge in [-0.15, -0.1) is 11.3 Å². The third kappa shape index (κ3) is 12.1. The molecule has 8 rings (SSSR count). The Kier molecular flexibility index (Phi) is 16.1. The Morgan fingerprint density at radius 3 is 2.23 bits per heavy atom. The minimum absolute atomic E-state index is 0.0131. The van der Waals surface area contributed by atoms with E-state index in [0.29, 0.717) is 55.0 Å². The van der Waals surface area contributed by atoms with E-state index in [1.807, 2.05) is 43.3 Å². The lowest BCUT2D eigenvalue weighted by Gasteiger charge is -2.36. The van der Waals surface area contributed by atoms with Crippen LogP contribution in [-0.2, 0) is 36.9 Å². The SMILES string of the molecule is CC(=O)c1c(C)c2cnc(Cc3ccc(N4CCN(C(=O)CNC(=O)CCC(=O)N[C@H](C(=O)N5C[C@H](O)C[C@H]5C(=O)NCc5ccc(-c6scnc6C)cc5)C(C)(C)C)CC4)cn3)nc2n(C2CCCC2)c1=O. The van der Waals surface area contributed by atoms with Gasteiger partial charge in [0.15, 0.2) is 5.78 Å². The van der Waals surface area contributed by atoms with Gasteiger partial charge in [-0.25, -0.2) is 15.0 Å². The van der Waals surface area contributed by atoms with Gasteiger partial charge < -0.3 is 35.8 Å². The van der Waals surface area contributed by atoms with Crippen LogP contribution < -0.4 is 26.4 Å². The van der Waals surface area contributed by atoms with Crippen LogP contribution in [0, 0.1) is 19.3 Å². The first-order chi connectivity index (χ1) is 34.9. The van der Waals surface area contributed by atoms with Gasteiger partial charge in [0.05, 0.1) is 52.6 Å². The number of carbonyl (C=O) groups excluding carboxylic acids is 6. The molecule has 0 bridgehead atoms. The van der Waals surface area contributed by atoms with Gasteiger partial charge in [-0.2, -0.15) is 0 Å². The summed E-state index contributed by atoms with van der Waals surface area (Å²) in [6.07, 6.45) is 6.26. The molecule has 2 aliphatic heterocycles. The Morgan fingerprint density at radius 1 is 0.877 bits per heavy atom. The third-order valence-corrected chi connectivity index (χ3v) is 15.2. The van der Waals surface area contributed by atoms with E-state index >= 15 is 0 Å². The van der Waals surface area contributed by atoms with Crippen molar-refractivity contribution in [3.05, 3.63) is 98.6 Å². The number of aryl methyl sites for hydroxylation is 2. The fourth-order valence-electron chi connectivity index (χ4n) is 10.1. The number of hydrogen-bond acceptors (Lipinski definition) is 14. The third-order valence-electron chi connectivity index (χ3n) is 14.2. The molecule has 1 aromatic carbocycles. The highest BCUT2D eigenvalue weighted by molar-refractivity contribution is 7.13. The highest BCUT2D eigenvalue weighted by atomic mass is 32.1. The van der Waals surface area contributed by atoms with Gasteiger partial charge in [-0.05, 0) is 67.9 Å². The van der Waals surface area contributed by atoms with Gasteiger partial charge in [-0.1, -0.05) is 57.9 Å². The molecule has 3 aliphatic rings. The molecule has 0 unspecified atom stereocenters. The van der Waals surface area contributed by atoms with Crippen molar-refractivity contribution in [3.63, 3.8) is 0 Å². The van der Waals surface area contributed by atoms with E-state index in [-0.39, 0.29) is 67.8 Å². The molecule has 386 valence electrons. The van der Waals surface area contributed by atoms with E-state index in [9.17, 15) is 38.7 Å². The zero-order valence-corrected chi connectivity index (χ0v) is 43.2. The lowest BCUT2D eigenvalue weighted by molar-refractivity contribution is -0.144. The number of thiazole rings is 1. The molecule has 6 heterocycles. The van der Waals surface area contributed by atoms with Crippen molar-refractivity contribution in [2.75, 3.05) is 44.2 Å². The van der Waals surface area contributed by atoms with Crippen molar-refractivity contribution in [1.29, 1.82) is 0 Å². The van der Waals surface area contributed by atoms with Crippen LogP contribution in [-0.4, -0.2) is 132 Å². The number of β-amino-alcohol motifs (C(OH)–C–C–N with tert-alkyl or cyclic N) is 1. The van der Waals surface area contributed by atoms with Gasteiger partial charge in [0.2, 0.25) is 29.5 Å². The molecule has 1 saturated carbocycles. The predicted octanol–water partition coefficient (Wildman–Crippen LogP) is 4.19. The molecule has 4 N–H and O–H groups in total. The number of aromatic nitrogens is 5. The van der Waals surface area contributed by atoms with Gasteiger partial charge in [-0.3, -0.25) is 43.1 Å². The first-order valence-electron chi connectivity index (χ1n) is 25.1. The summed E-state index contributed by atoms with van der Waals surface area (Å²) >= 11 is 1.56. The van der Waals surface area contributed by atoms with Crippen LogP contribution in [0.5, 0.6) is 0 Å². The molecule has 19 nitrogen and oxygen atoms in total. The molecular weight excluding hydrogens is 951 g/mol. The minimum Gasteiger partial charge on any atom is -0.391 e. The molecule has 4 aromatic heterocycles. The number of anilines is 1. The number of hydrogen-bond donors (Lipinski definition) is 4. The van der Waals surface area contributed by atoms with Crippen molar-refractivity contribution in [2.45, 2.75) is 124 Å². The van der Waals surface area contributed by atoms with Gasteiger partial charge in [0, 0.05) is 81.8 Å². The number of nitrogens with one attached hydrogen (secondary N) is 3. The summed E-state index contributed by atoms with van der Waals surface area (Å²) in [5, 5.41) is 19.6. The molecule has 2 saturated heterocycles. The highest BCUT2D eigenvalue weighted by Crippen LogP contribution is 2.33. The number of pyridine rings is 2. The first kappa shape index (κ1) is 52.4. The predicted molar refractivity (Wildman–Crippen MR) is 276 cm³/mol. The van der Waals surface area contributed by atoms with Crippen LogP contribution in [0.1, 0.15) is 117 Å². The number of aliphatic hydroxyl groups excluding tert-OH is 1. The van der Waals surface area contributed by atoms with Crippen LogP contribution in [0.3, 0.4) is 0 Å². The number of Topliss-reactive ketones (excluding diaryl/α,β-unsaturated/α-hetero) is 1. The van der Waals surface area contributed by atoms with E-state index in [2.05, 4.69) is 35.8 Å². The summed E-state index contributed by atoms with van der Waals surface area (Å²) in [7, 11) is 0. The fourth-order valence-corrected chi connectivity index (χ4v) is 10.9. The number of amides is 5. The Morgan fingerprint density at radius 2 is 1.59 bits per heavy atom. The van der Waals surface area contributed by atoms with Gasteiger partial charge >= 0.3 is 0 Å². The summed E-state index contributed by atoms with van der Waals surface area (Å²) in [5.74, 6) is -1.95. The van der Waals surface area contributed by atoms with Crippen LogP contribution in [0.15, 0.2) is 59.1 Å². The Hall–Kier alpha value is -6.93. The van der Waals surface area contributed by atoms with Crippen molar-refractivity contribution in [2.24, 2.45) is 5.41 Å². The molecule has 20 heteroatoms. The van der Waals surface area contributed by atoms with Crippen LogP contribution in [0.25, 0.3) is 21.5 Å². The Labute approximate surface area is 428 Å². The maximum Gasteiger partial charge on any atom is 0.263 e. The lowest BCUT2D eigenvalue weighted by Crippen LogP contribution is -2.57. The number of fused-ring (bicyclic) bond motifs is 1. The number of likely N-dealkylation sites (tertiary alicyclic amines) is 1. The smallest absolute Gasteiger partial charge is 0.263 e.